The second kappa shape index (κ2) is 7.45. The molecule has 0 radical (unpaired) electrons. The van der Waals surface area contributed by atoms with Gasteiger partial charge in [-0.2, -0.15) is 0 Å². The van der Waals surface area contributed by atoms with Crippen molar-refractivity contribution in [3.63, 3.8) is 0 Å². The minimum absolute atomic E-state index is 0.0530. The van der Waals surface area contributed by atoms with Gasteiger partial charge in [-0.25, -0.2) is 18.4 Å². The van der Waals surface area contributed by atoms with Gasteiger partial charge in [-0.15, -0.1) is 0 Å². The highest BCUT2D eigenvalue weighted by Gasteiger charge is 2.16. The van der Waals surface area contributed by atoms with E-state index < -0.39 is 27.7 Å². The van der Waals surface area contributed by atoms with E-state index in [-0.39, 0.29) is 4.90 Å². The first kappa shape index (κ1) is 19.6. The molecule has 9 heteroatoms. The molecule has 0 aliphatic rings. The molecule has 1 amide bonds. The molecule has 1 aromatic heterocycles. The average molecular weight is 402 g/mol. The number of primary sulfonamides is 1. The third-order valence-electron chi connectivity index (χ3n) is 4.06. The summed E-state index contributed by atoms with van der Waals surface area (Å²) in [6, 6.07) is 11.8. The average Bonchev–Trinajstić information content (AvgIpc) is 2.60. The fraction of sp³-hybridized carbons (Fsp3) is 0.158. The topological polar surface area (TPSA) is 129 Å². The van der Waals surface area contributed by atoms with Crippen molar-refractivity contribution in [1.29, 1.82) is 0 Å². The first-order chi connectivity index (χ1) is 13.1. The van der Waals surface area contributed by atoms with Crippen LogP contribution >= 0.6 is 0 Å². The Morgan fingerprint density at radius 2 is 1.82 bits per heavy atom. The summed E-state index contributed by atoms with van der Waals surface area (Å²) in [6.07, 6.45) is -0.855. The van der Waals surface area contributed by atoms with Gasteiger partial charge in [0, 0.05) is 23.2 Å². The van der Waals surface area contributed by atoms with Crippen LogP contribution in [0.25, 0.3) is 11.0 Å². The van der Waals surface area contributed by atoms with Gasteiger partial charge in [0.05, 0.1) is 4.90 Å². The standard InChI is InChI=1S/C19H18N2O6S/c1-11-9-18(22)27-17-10-14(5-8-16(11)17)26-12(2)19(23)21-13-3-6-15(7-4-13)28(20,24)25/h3-10,12H,1-2H3,(H,21,23)(H2,20,24,25)/t12-/m0/s1. The molecule has 3 aromatic rings. The van der Waals surface area contributed by atoms with Gasteiger partial charge in [0.25, 0.3) is 5.91 Å². The third-order valence-corrected chi connectivity index (χ3v) is 4.98. The van der Waals surface area contributed by atoms with Crippen molar-refractivity contribution in [3.05, 3.63) is 64.5 Å². The highest BCUT2D eigenvalue weighted by molar-refractivity contribution is 7.89. The fourth-order valence-corrected chi connectivity index (χ4v) is 3.12. The van der Waals surface area contributed by atoms with E-state index in [0.29, 0.717) is 17.0 Å². The fourth-order valence-electron chi connectivity index (χ4n) is 2.61. The summed E-state index contributed by atoms with van der Waals surface area (Å²) >= 11 is 0. The van der Waals surface area contributed by atoms with Crippen LogP contribution in [0.1, 0.15) is 12.5 Å². The smallest absolute Gasteiger partial charge is 0.336 e. The maximum absolute atomic E-state index is 12.3. The number of hydrogen-bond acceptors (Lipinski definition) is 6. The van der Waals surface area contributed by atoms with Crippen molar-refractivity contribution < 1.29 is 22.4 Å². The number of ether oxygens (including phenoxy) is 1. The molecule has 146 valence electrons. The zero-order valence-electron chi connectivity index (χ0n) is 15.1. The second-order valence-corrected chi connectivity index (χ2v) is 7.79. The first-order valence-electron chi connectivity index (χ1n) is 8.28. The Morgan fingerprint density at radius 3 is 2.46 bits per heavy atom. The zero-order chi connectivity index (χ0) is 20.5. The highest BCUT2D eigenvalue weighted by Crippen LogP contribution is 2.23. The molecule has 28 heavy (non-hydrogen) atoms. The van der Waals surface area contributed by atoms with Gasteiger partial charge in [-0.1, -0.05) is 0 Å². The van der Waals surface area contributed by atoms with E-state index in [4.69, 9.17) is 14.3 Å². The molecule has 0 fully saturated rings. The van der Waals surface area contributed by atoms with E-state index >= 15 is 0 Å². The molecule has 1 heterocycles. The molecular weight excluding hydrogens is 384 g/mol. The van der Waals surface area contributed by atoms with Gasteiger partial charge in [0.15, 0.2) is 6.10 Å². The number of fused-ring (bicyclic) bond motifs is 1. The second-order valence-electron chi connectivity index (χ2n) is 6.23. The Hall–Kier alpha value is -3.17. The highest BCUT2D eigenvalue weighted by atomic mass is 32.2. The van der Waals surface area contributed by atoms with Gasteiger partial charge < -0.3 is 14.5 Å². The molecular formula is C19H18N2O6S. The van der Waals surface area contributed by atoms with Crippen LogP contribution in [-0.2, 0) is 14.8 Å². The molecule has 0 aliphatic heterocycles. The lowest BCUT2D eigenvalue weighted by molar-refractivity contribution is -0.122. The number of carbonyl (C=O) groups is 1. The maximum atomic E-state index is 12.3. The Balaban J connectivity index is 1.72. The minimum atomic E-state index is -3.80. The monoisotopic (exact) mass is 402 g/mol. The molecule has 3 N–H and O–H groups in total. The van der Waals surface area contributed by atoms with E-state index in [1.54, 1.807) is 32.0 Å². The summed E-state index contributed by atoms with van der Waals surface area (Å²) in [5.41, 5.74) is 1.09. The molecule has 0 aliphatic carbocycles. The number of aryl methyl sites for hydroxylation is 1. The number of rotatable bonds is 5. The van der Waals surface area contributed by atoms with Gasteiger partial charge in [0.2, 0.25) is 10.0 Å². The van der Waals surface area contributed by atoms with Crippen molar-refractivity contribution in [2.75, 3.05) is 5.32 Å². The first-order valence-corrected chi connectivity index (χ1v) is 9.83. The predicted octanol–water partition coefficient (Wildman–Crippen LogP) is 2.15. The van der Waals surface area contributed by atoms with Gasteiger partial charge >= 0.3 is 5.63 Å². The Bertz CT molecular complexity index is 1200. The number of sulfonamides is 1. The van der Waals surface area contributed by atoms with Gasteiger partial charge in [-0.05, 0) is 55.8 Å². The number of benzene rings is 2. The van der Waals surface area contributed by atoms with Crippen LogP contribution in [0.15, 0.2) is 62.6 Å². The van der Waals surface area contributed by atoms with E-state index in [2.05, 4.69) is 5.32 Å². The summed E-state index contributed by atoms with van der Waals surface area (Å²) in [7, 11) is -3.80. The van der Waals surface area contributed by atoms with Crippen LogP contribution in [0.3, 0.4) is 0 Å². The largest absolute Gasteiger partial charge is 0.481 e. The maximum Gasteiger partial charge on any atom is 0.336 e. The van der Waals surface area contributed by atoms with Crippen LogP contribution in [-0.4, -0.2) is 20.4 Å². The van der Waals surface area contributed by atoms with E-state index in [1.807, 2.05) is 0 Å². The molecule has 2 aromatic carbocycles. The summed E-state index contributed by atoms with van der Waals surface area (Å²) < 4.78 is 33.3. The van der Waals surface area contributed by atoms with Crippen molar-refractivity contribution in [1.82, 2.24) is 0 Å². The molecule has 8 nitrogen and oxygen atoms in total. The molecule has 3 rings (SSSR count). The molecule has 0 saturated heterocycles. The SMILES string of the molecule is Cc1cc(=O)oc2cc(O[C@@H](C)C(=O)Nc3ccc(S(N)(=O)=O)cc3)ccc12. The third kappa shape index (κ3) is 4.38. The number of anilines is 1. The zero-order valence-corrected chi connectivity index (χ0v) is 15.9. The van der Waals surface area contributed by atoms with Crippen LogP contribution in [0, 0.1) is 6.92 Å². The van der Waals surface area contributed by atoms with Crippen LogP contribution in [0.5, 0.6) is 5.75 Å². The number of amides is 1. The number of carbonyl (C=O) groups excluding carboxylic acids is 1. The van der Waals surface area contributed by atoms with Crippen molar-refractivity contribution in [2.45, 2.75) is 24.8 Å². The molecule has 0 bridgehead atoms. The van der Waals surface area contributed by atoms with E-state index in [0.717, 1.165) is 10.9 Å². The van der Waals surface area contributed by atoms with Crippen LogP contribution in [0.2, 0.25) is 0 Å². The molecule has 1 atom stereocenters. The van der Waals surface area contributed by atoms with Crippen molar-refractivity contribution in [3.8, 4) is 5.75 Å². The van der Waals surface area contributed by atoms with Crippen LogP contribution in [0.4, 0.5) is 5.69 Å². The summed E-state index contributed by atoms with van der Waals surface area (Å²) in [4.78, 5) is 23.8. The summed E-state index contributed by atoms with van der Waals surface area (Å²) in [5, 5.41) is 8.44. The summed E-state index contributed by atoms with van der Waals surface area (Å²) in [6.45, 7) is 3.36. The Kier molecular flexibility index (Phi) is 5.21. The normalized spacial score (nSPS) is 12.5. The summed E-state index contributed by atoms with van der Waals surface area (Å²) in [5.74, 6) is -0.0670. The van der Waals surface area contributed by atoms with Crippen LogP contribution < -0.4 is 20.8 Å². The van der Waals surface area contributed by atoms with Crippen molar-refractivity contribution >= 4 is 32.6 Å². The minimum Gasteiger partial charge on any atom is -0.481 e. The van der Waals surface area contributed by atoms with Gasteiger partial charge in [-0.3, -0.25) is 4.79 Å². The molecule has 0 unspecified atom stereocenters. The number of nitrogens with one attached hydrogen (secondary N) is 1. The lowest BCUT2D eigenvalue weighted by Crippen LogP contribution is -2.30. The number of nitrogens with two attached hydrogens (primary N) is 1. The lowest BCUT2D eigenvalue weighted by Gasteiger charge is -2.15. The van der Waals surface area contributed by atoms with E-state index in [1.165, 1.54) is 30.3 Å². The lowest BCUT2D eigenvalue weighted by atomic mass is 10.1. The Morgan fingerprint density at radius 1 is 1.14 bits per heavy atom. The van der Waals surface area contributed by atoms with E-state index in [9.17, 15) is 18.0 Å². The van der Waals surface area contributed by atoms with Gasteiger partial charge in [0.1, 0.15) is 11.3 Å². The van der Waals surface area contributed by atoms with Crippen molar-refractivity contribution in [2.24, 2.45) is 5.14 Å². The quantitative estimate of drug-likeness (QED) is 0.629. The molecule has 0 spiro atoms. The number of hydrogen-bond donors (Lipinski definition) is 2. The predicted molar refractivity (Wildman–Crippen MR) is 104 cm³/mol. The Labute approximate surface area is 161 Å². The molecule has 0 saturated carbocycles.